The predicted molar refractivity (Wildman–Crippen MR) is 80.3 cm³/mol. The molecule has 3 heterocycles. The standard InChI is InChI=1S/C14H15N5S/c1-10-13(20-11(2)18-10)9-16-12-5-3-6-15-14(12)19-8-4-7-17-19/h3-8,16H,9H2,1-2H3. The molecule has 1 N–H and O–H groups in total. The molecule has 6 heteroatoms. The number of anilines is 1. The van der Waals surface area contributed by atoms with Crippen LogP contribution in [0.3, 0.4) is 0 Å². The van der Waals surface area contributed by atoms with Crippen LogP contribution in [0, 0.1) is 13.8 Å². The second-order valence-corrected chi connectivity index (χ2v) is 5.71. The van der Waals surface area contributed by atoms with Gasteiger partial charge in [-0.15, -0.1) is 11.3 Å². The van der Waals surface area contributed by atoms with Crippen molar-refractivity contribution in [1.29, 1.82) is 0 Å². The molecule has 5 nitrogen and oxygen atoms in total. The molecule has 0 saturated carbocycles. The molecule has 0 fully saturated rings. The van der Waals surface area contributed by atoms with Gasteiger partial charge in [0, 0.05) is 23.5 Å². The molecule has 0 radical (unpaired) electrons. The molecule has 0 spiro atoms. The Kier molecular flexibility index (Phi) is 3.47. The summed E-state index contributed by atoms with van der Waals surface area (Å²) in [6, 6.07) is 5.81. The van der Waals surface area contributed by atoms with E-state index in [0.717, 1.165) is 28.8 Å². The van der Waals surface area contributed by atoms with Gasteiger partial charge in [-0.1, -0.05) is 0 Å². The third kappa shape index (κ3) is 2.55. The Morgan fingerprint density at radius 2 is 2.15 bits per heavy atom. The highest BCUT2D eigenvalue weighted by Gasteiger charge is 2.08. The quantitative estimate of drug-likeness (QED) is 0.800. The maximum absolute atomic E-state index is 4.44. The average Bonchev–Trinajstić information content (AvgIpc) is 3.07. The molecule has 3 aromatic heterocycles. The van der Waals surface area contributed by atoms with E-state index in [4.69, 9.17) is 0 Å². The highest BCUT2D eigenvalue weighted by atomic mass is 32.1. The number of nitrogens with one attached hydrogen (secondary N) is 1. The molecule has 3 rings (SSSR count). The average molecular weight is 285 g/mol. The molecule has 0 aliphatic carbocycles. The van der Waals surface area contributed by atoms with Crippen molar-refractivity contribution < 1.29 is 0 Å². The molecule has 0 amide bonds. The van der Waals surface area contributed by atoms with Gasteiger partial charge >= 0.3 is 0 Å². The summed E-state index contributed by atoms with van der Waals surface area (Å²) in [7, 11) is 0. The minimum absolute atomic E-state index is 0.747. The number of thiazole rings is 1. The molecule has 102 valence electrons. The number of aromatic nitrogens is 4. The summed E-state index contributed by atoms with van der Waals surface area (Å²) in [5, 5.41) is 8.74. The van der Waals surface area contributed by atoms with Gasteiger partial charge in [-0.05, 0) is 32.0 Å². The van der Waals surface area contributed by atoms with E-state index in [-0.39, 0.29) is 0 Å². The fourth-order valence-corrected chi connectivity index (χ4v) is 2.90. The van der Waals surface area contributed by atoms with Crippen LogP contribution >= 0.6 is 11.3 Å². The van der Waals surface area contributed by atoms with Gasteiger partial charge < -0.3 is 5.32 Å². The van der Waals surface area contributed by atoms with Crippen molar-refractivity contribution in [3.63, 3.8) is 0 Å². The van der Waals surface area contributed by atoms with E-state index >= 15 is 0 Å². The summed E-state index contributed by atoms with van der Waals surface area (Å²) in [6.07, 6.45) is 5.40. The molecule has 0 aliphatic heterocycles. The molecular weight excluding hydrogens is 270 g/mol. The van der Waals surface area contributed by atoms with E-state index in [9.17, 15) is 0 Å². The number of pyridine rings is 1. The summed E-state index contributed by atoms with van der Waals surface area (Å²) in [5.41, 5.74) is 2.05. The molecule has 0 aliphatic rings. The fourth-order valence-electron chi connectivity index (χ4n) is 2.02. The second-order valence-electron chi connectivity index (χ2n) is 4.42. The summed E-state index contributed by atoms with van der Waals surface area (Å²) < 4.78 is 1.76. The van der Waals surface area contributed by atoms with E-state index in [1.54, 1.807) is 28.4 Å². The van der Waals surface area contributed by atoms with Gasteiger partial charge in [0.15, 0.2) is 5.82 Å². The third-order valence-electron chi connectivity index (χ3n) is 2.95. The second kappa shape index (κ2) is 5.42. The van der Waals surface area contributed by atoms with Crippen LogP contribution in [-0.2, 0) is 6.54 Å². The Morgan fingerprint density at radius 1 is 1.25 bits per heavy atom. The first-order chi connectivity index (χ1) is 9.74. The van der Waals surface area contributed by atoms with E-state index in [1.165, 1.54) is 4.88 Å². The maximum atomic E-state index is 4.44. The van der Waals surface area contributed by atoms with Crippen molar-refractivity contribution in [3.05, 3.63) is 52.4 Å². The van der Waals surface area contributed by atoms with E-state index in [0.29, 0.717) is 0 Å². The Labute approximate surface area is 121 Å². The molecule has 0 unspecified atom stereocenters. The molecule has 0 bridgehead atoms. The van der Waals surface area contributed by atoms with Crippen LogP contribution in [0.4, 0.5) is 5.69 Å². The van der Waals surface area contributed by atoms with Gasteiger partial charge in [0.25, 0.3) is 0 Å². The predicted octanol–water partition coefficient (Wildman–Crippen LogP) is 2.95. The Balaban J connectivity index is 1.83. The normalized spacial score (nSPS) is 10.7. The monoisotopic (exact) mass is 285 g/mol. The molecule has 20 heavy (non-hydrogen) atoms. The van der Waals surface area contributed by atoms with Crippen LogP contribution in [0.5, 0.6) is 0 Å². The van der Waals surface area contributed by atoms with Crippen LogP contribution in [0.2, 0.25) is 0 Å². The zero-order valence-corrected chi connectivity index (χ0v) is 12.2. The minimum atomic E-state index is 0.747. The zero-order chi connectivity index (χ0) is 13.9. The first-order valence-electron chi connectivity index (χ1n) is 6.36. The lowest BCUT2D eigenvalue weighted by molar-refractivity contribution is 0.846. The smallest absolute Gasteiger partial charge is 0.176 e. The lowest BCUT2D eigenvalue weighted by Gasteiger charge is -2.10. The van der Waals surface area contributed by atoms with E-state index in [1.807, 2.05) is 38.2 Å². The van der Waals surface area contributed by atoms with Crippen molar-refractivity contribution >= 4 is 17.0 Å². The van der Waals surface area contributed by atoms with Crippen molar-refractivity contribution in [3.8, 4) is 5.82 Å². The van der Waals surface area contributed by atoms with E-state index in [2.05, 4.69) is 20.4 Å². The van der Waals surface area contributed by atoms with Crippen LogP contribution in [0.25, 0.3) is 5.82 Å². The molecular formula is C14H15N5S. The van der Waals surface area contributed by atoms with Crippen LogP contribution in [0.1, 0.15) is 15.6 Å². The maximum Gasteiger partial charge on any atom is 0.176 e. The largest absolute Gasteiger partial charge is 0.377 e. The Bertz CT molecular complexity index is 702. The van der Waals surface area contributed by atoms with Crippen molar-refractivity contribution in [1.82, 2.24) is 19.7 Å². The Hall–Kier alpha value is -2.21. The Morgan fingerprint density at radius 3 is 2.85 bits per heavy atom. The number of rotatable bonds is 4. The third-order valence-corrected chi connectivity index (χ3v) is 4.02. The fraction of sp³-hybridized carbons (Fsp3) is 0.214. The number of hydrogen-bond acceptors (Lipinski definition) is 5. The van der Waals surface area contributed by atoms with Gasteiger partial charge in [-0.3, -0.25) is 0 Å². The lowest BCUT2D eigenvalue weighted by Crippen LogP contribution is -2.06. The van der Waals surface area contributed by atoms with Crippen LogP contribution in [0.15, 0.2) is 36.8 Å². The minimum Gasteiger partial charge on any atom is -0.377 e. The lowest BCUT2D eigenvalue weighted by atomic mass is 10.3. The number of nitrogens with zero attached hydrogens (tertiary/aromatic N) is 4. The van der Waals surface area contributed by atoms with Crippen molar-refractivity contribution in [2.45, 2.75) is 20.4 Å². The number of hydrogen-bond donors (Lipinski definition) is 1. The van der Waals surface area contributed by atoms with Gasteiger partial charge in [-0.2, -0.15) is 5.10 Å². The van der Waals surface area contributed by atoms with Gasteiger partial charge in [-0.25, -0.2) is 14.6 Å². The number of aryl methyl sites for hydroxylation is 2. The molecule has 0 atom stereocenters. The summed E-state index contributed by atoms with van der Waals surface area (Å²) in [6.45, 7) is 4.82. The highest BCUT2D eigenvalue weighted by molar-refractivity contribution is 7.11. The van der Waals surface area contributed by atoms with Gasteiger partial charge in [0.05, 0.1) is 22.9 Å². The molecule has 3 aromatic rings. The SMILES string of the molecule is Cc1nc(C)c(CNc2cccnc2-n2cccn2)s1. The molecule has 0 aromatic carbocycles. The topological polar surface area (TPSA) is 55.6 Å². The first-order valence-corrected chi connectivity index (χ1v) is 7.17. The van der Waals surface area contributed by atoms with Gasteiger partial charge in [0.1, 0.15) is 0 Å². The summed E-state index contributed by atoms with van der Waals surface area (Å²) in [5.74, 6) is 0.802. The van der Waals surface area contributed by atoms with Crippen molar-refractivity contribution in [2.24, 2.45) is 0 Å². The van der Waals surface area contributed by atoms with Crippen LogP contribution < -0.4 is 5.32 Å². The molecule has 0 saturated heterocycles. The van der Waals surface area contributed by atoms with E-state index < -0.39 is 0 Å². The van der Waals surface area contributed by atoms with Crippen LogP contribution in [-0.4, -0.2) is 19.7 Å². The summed E-state index contributed by atoms with van der Waals surface area (Å²) in [4.78, 5) is 10.1. The van der Waals surface area contributed by atoms with Crippen molar-refractivity contribution in [2.75, 3.05) is 5.32 Å². The first kappa shape index (κ1) is 12.8. The summed E-state index contributed by atoms with van der Waals surface area (Å²) >= 11 is 1.72. The van der Waals surface area contributed by atoms with Gasteiger partial charge in [0.2, 0.25) is 0 Å². The highest BCUT2D eigenvalue weighted by Crippen LogP contribution is 2.21. The zero-order valence-electron chi connectivity index (χ0n) is 11.4.